The molecule has 1 fully saturated rings. The Morgan fingerprint density at radius 3 is 2.69 bits per heavy atom. The van der Waals surface area contributed by atoms with Gasteiger partial charge in [0.1, 0.15) is 18.2 Å². The van der Waals surface area contributed by atoms with Gasteiger partial charge in [-0.25, -0.2) is 0 Å². The van der Waals surface area contributed by atoms with E-state index in [1.54, 1.807) is 26.8 Å². The third kappa shape index (κ3) is 6.85. The monoisotopic (exact) mass is 536 g/mol. The zero-order valence-corrected chi connectivity index (χ0v) is 22.8. The summed E-state index contributed by atoms with van der Waals surface area (Å²) in [5, 5.41) is 15.7. The maximum Gasteiger partial charge on any atom is 0.325 e. The number of methoxy groups -OCH3 is 1. The number of hydrogen-bond donors (Lipinski definition) is 2. The average molecular weight is 537 g/mol. The first kappa shape index (κ1) is 28.3. The number of aromatic hydroxyl groups is 1. The van der Waals surface area contributed by atoms with Crippen LogP contribution in [-0.2, 0) is 36.8 Å². The summed E-state index contributed by atoms with van der Waals surface area (Å²) in [7, 11) is 1.45. The number of carbonyl (C=O) groups is 2. The highest BCUT2D eigenvalue weighted by atomic mass is 16.6. The van der Waals surface area contributed by atoms with E-state index in [0.29, 0.717) is 12.1 Å². The number of esters is 2. The quantitative estimate of drug-likeness (QED) is 0.415. The van der Waals surface area contributed by atoms with Gasteiger partial charge in [-0.3, -0.25) is 19.9 Å². The van der Waals surface area contributed by atoms with Crippen molar-refractivity contribution in [3.8, 4) is 11.5 Å². The van der Waals surface area contributed by atoms with Crippen LogP contribution in [0.5, 0.6) is 11.5 Å². The van der Waals surface area contributed by atoms with Gasteiger partial charge in [0.2, 0.25) is 0 Å². The van der Waals surface area contributed by atoms with Crippen LogP contribution >= 0.6 is 0 Å². The molecular formula is C30H36N2O7. The van der Waals surface area contributed by atoms with Gasteiger partial charge in [-0.05, 0) is 29.7 Å². The number of pyridine rings is 1. The first-order valence-electron chi connectivity index (χ1n) is 13.2. The van der Waals surface area contributed by atoms with E-state index in [1.165, 1.54) is 13.3 Å². The lowest BCUT2D eigenvalue weighted by molar-refractivity contribution is -0.173. The Balaban J connectivity index is 1.56. The van der Waals surface area contributed by atoms with E-state index in [4.69, 9.17) is 18.9 Å². The lowest BCUT2D eigenvalue weighted by Crippen LogP contribution is -2.44. The smallest absolute Gasteiger partial charge is 0.325 e. The van der Waals surface area contributed by atoms with Gasteiger partial charge in [0.05, 0.1) is 31.9 Å². The normalized spacial score (nSPS) is 22.0. The Kier molecular flexibility index (Phi) is 9.37. The van der Waals surface area contributed by atoms with Crippen molar-refractivity contribution >= 4 is 22.7 Å². The molecule has 9 nitrogen and oxygen atoms in total. The number of hydrogen-bond acceptors (Lipinski definition) is 9. The summed E-state index contributed by atoms with van der Waals surface area (Å²) in [5.74, 6) is -1.31. The van der Waals surface area contributed by atoms with Gasteiger partial charge in [-0.1, -0.05) is 56.3 Å². The molecule has 2 N–H and O–H groups in total. The molecule has 0 amide bonds. The summed E-state index contributed by atoms with van der Waals surface area (Å²) in [6.07, 6.45) is 0.667. The SMILES string of the molecule is COc1ccnc(CN[C@H]2COC[C@H](Cc3cccc4ccccc34)[C@@H](OC(=O)C(C)C)[C@H](C)OC2=O)c1O. The van der Waals surface area contributed by atoms with Crippen molar-refractivity contribution in [1.29, 1.82) is 0 Å². The van der Waals surface area contributed by atoms with Crippen molar-refractivity contribution in [3.05, 3.63) is 66.0 Å². The van der Waals surface area contributed by atoms with Gasteiger partial charge in [0, 0.05) is 24.7 Å². The fourth-order valence-electron chi connectivity index (χ4n) is 4.74. The minimum atomic E-state index is -0.822. The second kappa shape index (κ2) is 12.9. The Bertz CT molecular complexity index is 1290. The van der Waals surface area contributed by atoms with Crippen molar-refractivity contribution in [3.63, 3.8) is 0 Å². The highest BCUT2D eigenvalue weighted by Crippen LogP contribution is 2.29. The number of cyclic esters (lactones) is 1. The lowest BCUT2D eigenvalue weighted by Gasteiger charge is -2.31. The molecule has 3 aromatic rings. The van der Waals surface area contributed by atoms with E-state index >= 15 is 0 Å². The standard InChI is InChI=1S/C30H36N2O7/c1-18(2)29(34)39-28-19(3)38-30(35)25(32-15-24-27(33)26(36-4)12-13-31-24)17-37-16-22(28)14-21-10-7-9-20-8-5-6-11-23(20)21/h5-13,18-19,22,25,28,32-33H,14-17H2,1-4H3/t19-,22-,25-,28-/m0/s1. The van der Waals surface area contributed by atoms with Gasteiger partial charge < -0.3 is 24.1 Å². The van der Waals surface area contributed by atoms with Crippen molar-refractivity contribution in [2.75, 3.05) is 20.3 Å². The van der Waals surface area contributed by atoms with Crippen LogP contribution in [0.3, 0.4) is 0 Å². The fraction of sp³-hybridized carbons (Fsp3) is 0.433. The fourth-order valence-corrected chi connectivity index (χ4v) is 4.74. The van der Waals surface area contributed by atoms with E-state index in [9.17, 15) is 14.7 Å². The Hall–Kier alpha value is -3.69. The van der Waals surface area contributed by atoms with Crippen LogP contribution in [0.4, 0.5) is 0 Å². The van der Waals surface area contributed by atoms with Gasteiger partial charge in [-0.15, -0.1) is 0 Å². The van der Waals surface area contributed by atoms with Crippen molar-refractivity contribution in [2.45, 2.75) is 52.0 Å². The summed E-state index contributed by atoms with van der Waals surface area (Å²) in [5.41, 5.74) is 1.42. The van der Waals surface area contributed by atoms with Gasteiger partial charge >= 0.3 is 11.9 Å². The molecule has 1 saturated heterocycles. The summed E-state index contributed by atoms with van der Waals surface area (Å²) in [6.45, 7) is 5.66. The minimum absolute atomic E-state index is 0.0349. The van der Waals surface area contributed by atoms with Crippen molar-refractivity contribution in [2.24, 2.45) is 11.8 Å². The van der Waals surface area contributed by atoms with Crippen LogP contribution < -0.4 is 10.1 Å². The molecule has 0 radical (unpaired) electrons. The predicted octanol–water partition coefficient (Wildman–Crippen LogP) is 3.80. The number of ether oxygens (including phenoxy) is 4. The van der Waals surface area contributed by atoms with E-state index in [-0.39, 0.29) is 49.1 Å². The molecule has 9 heteroatoms. The molecule has 39 heavy (non-hydrogen) atoms. The van der Waals surface area contributed by atoms with E-state index < -0.39 is 24.2 Å². The summed E-state index contributed by atoms with van der Waals surface area (Å²) in [6, 6.07) is 15.0. The van der Waals surface area contributed by atoms with Crippen LogP contribution in [0.15, 0.2) is 54.7 Å². The Morgan fingerprint density at radius 1 is 1.15 bits per heavy atom. The molecule has 0 aliphatic carbocycles. The predicted molar refractivity (Wildman–Crippen MR) is 145 cm³/mol. The molecule has 1 aliphatic heterocycles. The Labute approximate surface area is 228 Å². The zero-order valence-electron chi connectivity index (χ0n) is 22.8. The molecule has 4 atom stereocenters. The first-order chi connectivity index (χ1) is 18.8. The third-order valence-electron chi connectivity index (χ3n) is 6.91. The molecular weight excluding hydrogens is 500 g/mol. The largest absolute Gasteiger partial charge is 0.503 e. The van der Waals surface area contributed by atoms with Crippen molar-refractivity contribution in [1.82, 2.24) is 10.3 Å². The minimum Gasteiger partial charge on any atom is -0.503 e. The van der Waals surface area contributed by atoms with Crippen LogP contribution in [-0.4, -0.2) is 60.6 Å². The number of nitrogens with one attached hydrogen (secondary N) is 1. The number of carbonyl (C=O) groups excluding carboxylic acids is 2. The topological polar surface area (TPSA) is 116 Å². The molecule has 0 bridgehead atoms. The summed E-state index contributed by atoms with van der Waals surface area (Å²) in [4.78, 5) is 30.0. The maximum absolute atomic E-state index is 13.2. The number of aromatic nitrogens is 1. The first-order valence-corrected chi connectivity index (χ1v) is 13.2. The van der Waals surface area contributed by atoms with Crippen LogP contribution in [0.1, 0.15) is 32.0 Å². The van der Waals surface area contributed by atoms with Gasteiger partial charge in [0.25, 0.3) is 0 Å². The van der Waals surface area contributed by atoms with E-state index in [2.05, 4.69) is 34.6 Å². The maximum atomic E-state index is 13.2. The number of benzene rings is 2. The van der Waals surface area contributed by atoms with Crippen LogP contribution in [0, 0.1) is 11.8 Å². The van der Waals surface area contributed by atoms with Gasteiger partial charge in [-0.2, -0.15) is 0 Å². The highest BCUT2D eigenvalue weighted by Gasteiger charge is 2.37. The number of nitrogens with zero attached hydrogens (tertiary/aromatic N) is 1. The molecule has 0 saturated carbocycles. The van der Waals surface area contributed by atoms with Crippen molar-refractivity contribution < 1.29 is 33.6 Å². The highest BCUT2D eigenvalue weighted by molar-refractivity contribution is 5.85. The van der Waals surface area contributed by atoms with E-state index in [1.807, 2.05) is 18.2 Å². The summed E-state index contributed by atoms with van der Waals surface area (Å²) < 4.78 is 23.0. The zero-order chi connectivity index (χ0) is 27.9. The Morgan fingerprint density at radius 2 is 1.92 bits per heavy atom. The molecule has 2 heterocycles. The number of fused-ring (bicyclic) bond motifs is 1. The van der Waals surface area contributed by atoms with Crippen LogP contribution in [0.2, 0.25) is 0 Å². The summed E-state index contributed by atoms with van der Waals surface area (Å²) >= 11 is 0. The van der Waals surface area contributed by atoms with Gasteiger partial charge in [0.15, 0.2) is 11.5 Å². The third-order valence-corrected chi connectivity index (χ3v) is 6.91. The van der Waals surface area contributed by atoms with Crippen LogP contribution in [0.25, 0.3) is 10.8 Å². The van der Waals surface area contributed by atoms with E-state index in [0.717, 1.165) is 16.3 Å². The number of rotatable bonds is 8. The lowest BCUT2D eigenvalue weighted by atomic mass is 9.89. The molecule has 4 rings (SSSR count). The molecule has 1 aliphatic rings. The molecule has 1 aromatic heterocycles. The molecule has 0 unspecified atom stereocenters. The molecule has 2 aromatic carbocycles. The average Bonchev–Trinajstić information content (AvgIpc) is 2.97. The molecule has 0 spiro atoms. The molecule has 208 valence electrons. The second-order valence-electron chi connectivity index (χ2n) is 10.1. The second-order valence-corrected chi connectivity index (χ2v) is 10.1.